The standard InChI is InChI=1S/C16H25N3O/c1-11-7-8-19(10-12(11)2)15-9-13(17)5-6-14(15)16(20)18(3)4/h5-6,9,11-12H,7-8,10,17H2,1-4H3. The van der Waals surface area contributed by atoms with E-state index < -0.39 is 0 Å². The number of amides is 1. The fourth-order valence-corrected chi connectivity index (χ4v) is 2.71. The van der Waals surface area contributed by atoms with Gasteiger partial charge in [0.25, 0.3) is 5.91 Å². The molecular formula is C16H25N3O. The quantitative estimate of drug-likeness (QED) is 0.843. The molecule has 1 aliphatic rings. The lowest BCUT2D eigenvalue weighted by molar-refractivity contribution is 0.0828. The zero-order valence-electron chi connectivity index (χ0n) is 12.9. The van der Waals surface area contributed by atoms with Crippen LogP contribution in [0.2, 0.25) is 0 Å². The summed E-state index contributed by atoms with van der Waals surface area (Å²) in [4.78, 5) is 16.2. The molecule has 4 nitrogen and oxygen atoms in total. The molecule has 1 saturated heterocycles. The maximum absolute atomic E-state index is 12.3. The van der Waals surface area contributed by atoms with Crippen LogP contribution < -0.4 is 10.6 Å². The van der Waals surface area contributed by atoms with Gasteiger partial charge in [-0.2, -0.15) is 0 Å². The van der Waals surface area contributed by atoms with Crippen LogP contribution in [0.5, 0.6) is 0 Å². The highest BCUT2D eigenvalue weighted by Gasteiger charge is 2.26. The smallest absolute Gasteiger partial charge is 0.255 e. The maximum atomic E-state index is 12.3. The fraction of sp³-hybridized carbons (Fsp3) is 0.562. The molecule has 2 N–H and O–H groups in total. The molecule has 0 bridgehead atoms. The molecular weight excluding hydrogens is 250 g/mol. The van der Waals surface area contributed by atoms with Crippen molar-refractivity contribution in [1.29, 1.82) is 0 Å². The summed E-state index contributed by atoms with van der Waals surface area (Å²) in [5, 5.41) is 0. The van der Waals surface area contributed by atoms with E-state index in [4.69, 9.17) is 5.73 Å². The maximum Gasteiger partial charge on any atom is 0.255 e. The summed E-state index contributed by atoms with van der Waals surface area (Å²) in [7, 11) is 3.56. The first-order chi connectivity index (χ1) is 9.40. The Labute approximate surface area is 121 Å². The molecule has 0 saturated carbocycles. The lowest BCUT2D eigenvalue weighted by Crippen LogP contribution is -2.39. The number of anilines is 2. The second kappa shape index (κ2) is 5.73. The molecule has 1 aromatic carbocycles. The lowest BCUT2D eigenvalue weighted by Gasteiger charge is -2.37. The largest absolute Gasteiger partial charge is 0.399 e. The van der Waals surface area contributed by atoms with Gasteiger partial charge in [0, 0.05) is 32.9 Å². The molecule has 0 aromatic heterocycles. The van der Waals surface area contributed by atoms with Crippen LogP contribution >= 0.6 is 0 Å². The number of carbonyl (C=O) groups excluding carboxylic acids is 1. The van der Waals surface area contributed by atoms with Crippen molar-refractivity contribution in [2.24, 2.45) is 11.8 Å². The van der Waals surface area contributed by atoms with Crippen LogP contribution in [-0.2, 0) is 0 Å². The Hall–Kier alpha value is -1.71. The van der Waals surface area contributed by atoms with E-state index in [1.165, 1.54) is 0 Å². The number of rotatable bonds is 2. The Morgan fingerprint density at radius 3 is 2.60 bits per heavy atom. The fourth-order valence-electron chi connectivity index (χ4n) is 2.71. The van der Waals surface area contributed by atoms with E-state index in [0.717, 1.165) is 36.7 Å². The molecule has 1 heterocycles. The number of nitrogen functional groups attached to an aromatic ring is 1. The lowest BCUT2D eigenvalue weighted by atomic mass is 9.88. The van der Waals surface area contributed by atoms with Gasteiger partial charge in [0.2, 0.25) is 0 Å². The van der Waals surface area contributed by atoms with Crippen molar-refractivity contribution in [2.45, 2.75) is 20.3 Å². The van der Waals surface area contributed by atoms with Gasteiger partial charge in [0.1, 0.15) is 0 Å². The number of hydrogen-bond donors (Lipinski definition) is 1. The minimum absolute atomic E-state index is 0.0336. The highest BCUT2D eigenvalue weighted by molar-refractivity contribution is 6.00. The van der Waals surface area contributed by atoms with Gasteiger partial charge in [-0.3, -0.25) is 4.79 Å². The van der Waals surface area contributed by atoms with Gasteiger partial charge in [0.05, 0.1) is 11.3 Å². The molecule has 110 valence electrons. The van der Waals surface area contributed by atoms with E-state index in [1.54, 1.807) is 25.1 Å². The SMILES string of the molecule is CC1CCN(c2cc(N)ccc2C(=O)N(C)C)CC1C. The molecule has 1 fully saturated rings. The molecule has 1 amide bonds. The van der Waals surface area contributed by atoms with Crippen molar-refractivity contribution in [3.05, 3.63) is 23.8 Å². The average molecular weight is 275 g/mol. The van der Waals surface area contributed by atoms with Gasteiger partial charge >= 0.3 is 0 Å². The first kappa shape index (κ1) is 14.7. The molecule has 2 atom stereocenters. The molecule has 2 rings (SSSR count). The van der Waals surface area contributed by atoms with Gasteiger partial charge in [-0.05, 0) is 36.5 Å². The van der Waals surface area contributed by atoms with Crippen molar-refractivity contribution < 1.29 is 4.79 Å². The Balaban J connectivity index is 2.35. The third-order valence-electron chi connectivity index (χ3n) is 4.33. The number of nitrogens with two attached hydrogens (primary N) is 1. The predicted octanol–water partition coefficient (Wildman–Crippen LogP) is 2.45. The summed E-state index contributed by atoms with van der Waals surface area (Å²) in [5.74, 6) is 1.40. The molecule has 20 heavy (non-hydrogen) atoms. The van der Waals surface area contributed by atoms with Gasteiger partial charge in [-0.25, -0.2) is 0 Å². The van der Waals surface area contributed by atoms with E-state index in [2.05, 4.69) is 18.7 Å². The zero-order valence-corrected chi connectivity index (χ0v) is 12.9. The van der Waals surface area contributed by atoms with Gasteiger partial charge in [0.15, 0.2) is 0 Å². The molecule has 1 aliphatic heterocycles. The van der Waals surface area contributed by atoms with E-state index >= 15 is 0 Å². The molecule has 1 aromatic rings. The highest BCUT2D eigenvalue weighted by atomic mass is 16.2. The van der Waals surface area contributed by atoms with Crippen LogP contribution in [0, 0.1) is 11.8 Å². The van der Waals surface area contributed by atoms with Crippen LogP contribution in [0.4, 0.5) is 11.4 Å². The summed E-state index contributed by atoms with van der Waals surface area (Å²) in [6.07, 6.45) is 1.16. The van der Waals surface area contributed by atoms with Crippen LogP contribution in [-0.4, -0.2) is 38.0 Å². The number of nitrogens with zero attached hydrogens (tertiary/aromatic N) is 2. The topological polar surface area (TPSA) is 49.6 Å². The van der Waals surface area contributed by atoms with E-state index in [-0.39, 0.29) is 5.91 Å². The van der Waals surface area contributed by atoms with Crippen molar-refractivity contribution in [1.82, 2.24) is 4.90 Å². The van der Waals surface area contributed by atoms with Crippen molar-refractivity contribution in [3.8, 4) is 0 Å². The number of hydrogen-bond acceptors (Lipinski definition) is 3. The molecule has 0 radical (unpaired) electrons. The normalized spacial score (nSPS) is 22.7. The minimum Gasteiger partial charge on any atom is -0.399 e. The van der Waals surface area contributed by atoms with E-state index in [9.17, 15) is 4.79 Å². The van der Waals surface area contributed by atoms with Gasteiger partial charge in [-0.1, -0.05) is 13.8 Å². The first-order valence-corrected chi connectivity index (χ1v) is 7.26. The summed E-state index contributed by atoms with van der Waals surface area (Å²) in [6.45, 7) is 6.55. The zero-order chi connectivity index (χ0) is 14.9. The molecule has 0 aliphatic carbocycles. The van der Waals surface area contributed by atoms with E-state index in [0.29, 0.717) is 11.6 Å². The summed E-state index contributed by atoms with van der Waals surface area (Å²) < 4.78 is 0. The van der Waals surface area contributed by atoms with Crippen LogP contribution in [0.25, 0.3) is 0 Å². The van der Waals surface area contributed by atoms with Crippen LogP contribution in [0.3, 0.4) is 0 Å². The third kappa shape index (κ3) is 2.89. The monoisotopic (exact) mass is 275 g/mol. The second-order valence-corrected chi connectivity index (χ2v) is 6.17. The average Bonchev–Trinajstić information content (AvgIpc) is 2.41. The van der Waals surface area contributed by atoms with Gasteiger partial charge in [-0.15, -0.1) is 0 Å². The second-order valence-electron chi connectivity index (χ2n) is 6.17. The van der Waals surface area contributed by atoms with E-state index in [1.807, 2.05) is 12.1 Å². The highest BCUT2D eigenvalue weighted by Crippen LogP contribution is 2.31. The number of benzene rings is 1. The molecule has 2 unspecified atom stereocenters. The van der Waals surface area contributed by atoms with Crippen molar-refractivity contribution in [2.75, 3.05) is 37.8 Å². The Morgan fingerprint density at radius 2 is 2.00 bits per heavy atom. The first-order valence-electron chi connectivity index (χ1n) is 7.26. The van der Waals surface area contributed by atoms with Crippen LogP contribution in [0.15, 0.2) is 18.2 Å². The third-order valence-corrected chi connectivity index (χ3v) is 4.33. The summed E-state index contributed by atoms with van der Waals surface area (Å²) in [6, 6.07) is 5.57. The summed E-state index contributed by atoms with van der Waals surface area (Å²) in [5.41, 5.74) is 8.35. The number of piperidine rings is 1. The predicted molar refractivity (Wildman–Crippen MR) is 84.0 cm³/mol. The van der Waals surface area contributed by atoms with Crippen LogP contribution in [0.1, 0.15) is 30.6 Å². The molecule has 0 spiro atoms. The van der Waals surface area contributed by atoms with Crippen molar-refractivity contribution >= 4 is 17.3 Å². The minimum atomic E-state index is 0.0336. The summed E-state index contributed by atoms with van der Waals surface area (Å²) >= 11 is 0. The Bertz CT molecular complexity index is 498. The Kier molecular flexibility index (Phi) is 4.21. The molecule has 4 heteroatoms. The van der Waals surface area contributed by atoms with Gasteiger partial charge < -0.3 is 15.5 Å². The Morgan fingerprint density at radius 1 is 1.30 bits per heavy atom. The van der Waals surface area contributed by atoms with Crippen molar-refractivity contribution in [3.63, 3.8) is 0 Å². The number of carbonyl (C=O) groups is 1.